The average molecular weight is 280 g/mol. The molecule has 0 amide bonds. The first-order chi connectivity index (χ1) is 9.60. The largest absolute Gasteiger partial charge is 0.383 e. The molecule has 6 heteroatoms. The minimum atomic E-state index is -0.00770. The lowest BCUT2D eigenvalue weighted by molar-refractivity contribution is 0.0704. The van der Waals surface area contributed by atoms with Gasteiger partial charge in [-0.25, -0.2) is 0 Å². The number of hydrogen-bond donors (Lipinski definition) is 2. The van der Waals surface area contributed by atoms with Crippen molar-refractivity contribution in [3.05, 3.63) is 29.6 Å². The van der Waals surface area contributed by atoms with Crippen LogP contribution < -0.4 is 5.73 Å². The van der Waals surface area contributed by atoms with Gasteiger partial charge >= 0.3 is 0 Å². The normalized spacial score (nSPS) is 12.6. The molecular weight excluding hydrogens is 256 g/mol. The molecule has 6 nitrogen and oxygen atoms in total. The van der Waals surface area contributed by atoms with E-state index in [1.807, 2.05) is 12.1 Å². The Labute approximate surface area is 120 Å². The molecule has 0 fully saturated rings. The lowest BCUT2D eigenvalue weighted by Crippen LogP contribution is -2.38. The summed E-state index contributed by atoms with van der Waals surface area (Å²) in [5, 5.41) is 7.59. The number of amidine groups is 1. The fourth-order valence-corrected chi connectivity index (χ4v) is 2.04. The number of methoxy groups -OCH3 is 2. The van der Waals surface area contributed by atoms with Crippen molar-refractivity contribution in [2.45, 2.75) is 19.5 Å². The van der Waals surface area contributed by atoms with Crippen LogP contribution in [0.1, 0.15) is 18.2 Å². The summed E-state index contributed by atoms with van der Waals surface area (Å²) in [6.07, 6.45) is 1.65. The Morgan fingerprint density at radius 3 is 2.80 bits per heavy atom. The van der Waals surface area contributed by atoms with Gasteiger partial charge in [0, 0.05) is 39.5 Å². The van der Waals surface area contributed by atoms with Gasteiger partial charge in [0.05, 0.1) is 13.2 Å². The van der Waals surface area contributed by atoms with Crippen LogP contribution >= 0.6 is 0 Å². The summed E-state index contributed by atoms with van der Waals surface area (Å²) in [6.45, 7) is 4.83. The Hall–Kier alpha value is -1.50. The number of aromatic nitrogens is 1. The SMILES string of the molecule is COCCN(Cc1cccnc1C(=N)N)C(C)COC. The number of nitrogens with one attached hydrogen (secondary N) is 1. The van der Waals surface area contributed by atoms with Crippen LogP contribution in [-0.2, 0) is 16.0 Å². The van der Waals surface area contributed by atoms with Crippen LogP contribution in [0, 0.1) is 5.41 Å². The molecule has 0 radical (unpaired) electrons. The second-order valence-corrected chi connectivity index (χ2v) is 4.69. The van der Waals surface area contributed by atoms with E-state index < -0.39 is 0 Å². The maximum absolute atomic E-state index is 7.59. The minimum absolute atomic E-state index is 0.00770. The van der Waals surface area contributed by atoms with Crippen molar-refractivity contribution in [2.24, 2.45) is 5.73 Å². The predicted octanol–water partition coefficient (Wildman–Crippen LogP) is 0.849. The van der Waals surface area contributed by atoms with E-state index in [1.165, 1.54) is 0 Å². The monoisotopic (exact) mass is 280 g/mol. The summed E-state index contributed by atoms with van der Waals surface area (Å²) < 4.78 is 10.4. The highest BCUT2D eigenvalue weighted by Crippen LogP contribution is 2.11. The summed E-state index contributed by atoms with van der Waals surface area (Å²) in [5.74, 6) is -0.00770. The number of nitrogens with two attached hydrogens (primary N) is 1. The van der Waals surface area contributed by atoms with Crippen molar-refractivity contribution in [2.75, 3.05) is 34.0 Å². The lowest BCUT2D eigenvalue weighted by Gasteiger charge is -2.28. The van der Waals surface area contributed by atoms with Gasteiger partial charge in [0.15, 0.2) is 0 Å². The van der Waals surface area contributed by atoms with Gasteiger partial charge in [0.1, 0.15) is 11.5 Å². The third-order valence-corrected chi connectivity index (χ3v) is 3.13. The second kappa shape index (κ2) is 8.63. The smallest absolute Gasteiger partial charge is 0.142 e. The summed E-state index contributed by atoms with van der Waals surface area (Å²) in [7, 11) is 3.38. The van der Waals surface area contributed by atoms with E-state index in [9.17, 15) is 0 Å². The quantitative estimate of drug-likeness (QED) is 0.517. The van der Waals surface area contributed by atoms with Crippen molar-refractivity contribution in [1.82, 2.24) is 9.88 Å². The maximum atomic E-state index is 7.59. The molecular formula is C14H24N4O2. The third-order valence-electron chi connectivity index (χ3n) is 3.13. The molecule has 3 N–H and O–H groups in total. The van der Waals surface area contributed by atoms with Crippen LogP contribution in [0.3, 0.4) is 0 Å². The molecule has 1 heterocycles. The summed E-state index contributed by atoms with van der Waals surface area (Å²) in [4.78, 5) is 6.41. The fraction of sp³-hybridized carbons (Fsp3) is 0.571. The number of nitrogens with zero attached hydrogens (tertiary/aromatic N) is 2. The number of ether oxygens (including phenoxy) is 2. The molecule has 0 saturated carbocycles. The van der Waals surface area contributed by atoms with E-state index in [1.54, 1.807) is 20.4 Å². The van der Waals surface area contributed by atoms with Crippen LogP contribution in [0.15, 0.2) is 18.3 Å². The number of pyridine rings is 1. The molecule has 0 spiro atoms. The average Bonchev–Trinajstić information content (AvgIpc) is 2.43. The zero-order valence-corrected chi connectivity index (χ0v) is 12.4. The van der Waals surface area contributed by atoms with Crippen molar-refractivity contribution in [3.8, 4) is 0 Å². The van der Waals surface area contributed by atoms with Gasteiger partial charge in [0.2, 0.25) is 0 Å². The van der Waals surface area contributed by atoms with Gasteiger partial charge in [0.25, 0.3) is 0 Å². The lowest BCUT2D eigenvalue weighted by atomic mass is 10.1. The number of nitrogen functional groups attached to an aromatic ring is 1. The molecule has 1 rings (SSSR count). The Morgan fingerprint density at radius 2 is 2.20 bits per heavy atom. The molecule has 20 heavy (non-hydrogen) atoms. The van der Waals surface area contributed by atoms with Crippen LogP contribution in [0.5, 0.6) is 0 Å². The van der Waals surface area contributed by atoms with E-state index in [2.05, 4.69) is 16.8 Å². The zero-order chi connectivity index (χ0) is 15.0. The van der Waals surface area contributed by atoms with Gasteiger partial charge in [-0.05, 0) is 18.6 Å². The zero-order valence-electron chi connectivity index (χ0n) is 12.4. The molecule has 1 atom stereocenters. The van der Waals surface area contributed by atoms with E-state index in [0.717, 1.165) is 12.1 Å². The van der Waals surface area contributed by atoms with E-state index >= 15 is 0 Å². The third kappa shape index (κ3) is 4.88. The molecule has 1 aromatic heterocycles. The number of hydrogen-bond acceptors (Lipinski definition) is 5. The Kier molecular flexibility index (Phi) is 7.14. The highest BCUT2D eigenvalue weighted by molar-refractivity contribution is 5.94. The Balaban J connectivity index is 2.85. The van der Waals surface area contributed by atoms with E-state index in [-0.39, 0.29) is 11.9 Å². The van der Waals surface area contributed by atoms with Gasteiger partial charge in [-0.3, -0.25) is 15.3 Å². The van der Waals surface area contributed by atoms with E-state index in [4.69, 9.17) is 20.6 Å². The predicted molar refractivity (Wildman–Crippen MR) is 78.9 cm³/mol. The van der Waals surface area contributed by atoms with Gasteiger partial charge < -0.3 is 15.2 Å². The van der Waals surface area contributed by atoms with Crippen molar-refractivity contribution in [1.29, 1.82) is 5.41 Å². The van der Waals surface area contributed by atoms with Crippen LogP contribution in [0.2, 0.25) is 0 Å². The Bertz CT molecular complexity index is 425. The van der Waals surface area contributed by atoms with Crippen molar-refractivity contribution >= 4 is 5.84 Å². The standard InChI is InChI=1S/C14H24N4O2/c1-11(10-20-3)18(7-8-19-2)9-12-5-4-6-17-13(12)14(15)16/h4-6,11H,7-10H2,1-3H3,(H3,15,16). The van der Waals surface area contributed by atoms with Gasteiger partial charge in [-0.15, -0.1) is 0 Å². The molecule has 0 saturated heterocycles. The van der Waals surface area contributed by atoms with Gasteiger partial charge in [-0.2, -0.15) is 0 Å². The second-order valence-electron chi connectivity index (χ2n) is 4.69. The van der Waals surface area contributed by atoms with Crippen LogP contribution in [0.4, 0.5) is 0 Å². The maximum Gasteiger partial charge on any atom is 0.142 e. The van der Waals surface area contributed by atoms with E-state index in [0.29, 0.717) is 25.5 Å². The highest BCUT2D eigenvalue weighted by atomic mass is 16.5. The first-order valence-electron chi connectivity index (χ1n) is 6.60. The topological polar surface area (TPSA) is 84.5 Å². The first kappa shape index (κ1) is 16.6. The molecule has 0 bridgehead atoms. The van der Waals surface area contributed by atoms with Crippen molar-refractivity contribution in [3.63, 3.8) is 0 Å². The Morgan fingerprint density at radius 1 is 1.45 bits per heavy atom. The van der Waals surface area contributed by atoms with Crippen LogP contribution in [0.25, 0.3) is 0 Å². The number of rotatable bonds is 9. The summed E-state index contributed by atoms with van der Waals surface area (Å²) in [6, 6.07) is 4.05. The molecule has 112 valence electrons. The molecule has 1 aromatic rings. The summed E-state index contributed by atoms with van der Waals surface area (Å²) >= 11 is 0. The molecule has 0 aliphatic rings. The first-order valence-corrected chi connectivity index (χ1v) is 6.60. The summed E-state index contributed by atoms with van der Waals surface area (Å²) in [5.41, 5.74) is 7.06. The van der Waals surface area contributed by atoms with Gasteiger partial charge in [-0.1, -0.05) is 6.07 Å². The molecule has 0 aliphatic carbocycles. The highest BCUT2D eigenvalue weighted by Gasteiger charge is 2.16. The van der Waals surface area contributed by atoms with Crippen molar-refractivity contribution < 1.29 is 9.47 Å². The minimum Gasteiger partial charge on any atom is -0.383 e. The molecule has 0 aromatic carbocycles. The molecule has 0 aliphatic heterocycles. The fourth-order valence-electron chi connectivity index (χ4n) is 2.04. The molecule has 1 unspecified atom stereocenters. The van der Waals surface area contributed by atoms with Crippen LogP contribution in [-0.4, -0.2) is 55.7 Å².